The van der Waals surface area contributed by atoms with Crippen molar-refractivity contribution in [3.05, 3.63) is 71.1 Å². The fraction of sp³-hybridized carbons (Fsp3) is 0.407. The number of allylic oxidation sites excluding steroid dienone is 3. The summed E-state index contributed by atoms with van der Waals surface area (Å²) in [6, 6.07) is 6.21. The molecule has 0 N–H and O–H groups in total. The molecule has 1 aromatic heterocycles. The fourth-order valence-corrected chi connectivity index (χ4v) is 4.99. The van der Waals surface area contributed by atoms with Crippen molar-refractivity contribution in [1.82, 2.24) is 14.5 Å². The molecule has 5 rings (SSSR count). The van der Waals surface area contributed by atoms with E-state index < -0.39 is 0 Å². The van der Waals surface area contributed by atoms with E-state index in [1.165, 1.54) is 11.1 Å². The summed E-state index contributed by atoms with van der Waals surface area (Å²) < 4.78 is 21.2. The Kier molecular flexibility index (Phi) is 6.52. The van der Waals surface area contributed by atoms with E-state index in [-0.39, 0.29) is 5.83 Å². The predicted molar refractivity (Wildman–Crippen MR) is 132 cm³/mol. The topological polar surface area (TPSA) is 51.9 Å². The van der Waals surface area contributed by atoms with Gasteiger partial charge in [-0.2, -0.15) is 0 Å². The smallest absolute Gasteiger partial charge is 0.171 e. The second kappa shape index (κ2) is 9.87. The summed E-state index contributed by atoms with van der Waals surface area (Å²) in [5.74, 6) is 2.04. The highest BCUT2D eigenvalue weighted by atomic mass is 19.1. The Morgan fingerprint density at radius 2 is 2.12 bits per heavy atom. The first kappa shape index (κ1) is 22.4. The standard InChI is InChI=1S/C27H31FN4O2/c1-19-16-32(18-29-19)25-10-5-20(15-26(25)33-2)14-22-4-3-12-31-17-23(11-13-34-30-27(22)31)21-6-8-24(28)9-7-21/h5-6,8,10,14-16,18,23H,3-4,7,9,11-13,17H2,1-2H3. The van der Waals surface area contributed by atoms with E-state index in [0.717, 1.165) is 67.3 Å². The molecule has 1 unspecified atom stereocenters. The van der Waals surface area contributed by atoms with E-state index in [2.05, 4.69) is 39.3 Å². The van der Waals surface area contributed by atoms with E-state index in [0.29, 0.717) is 18.9 Å². The third kappa shape index (κ3) is 4.79. The van der Waals surface area contributed by atoms with Crippen LogP contribution in [-0.4, -0.2) is 47.1 Å². The molecule has 0 radical (unpaired) electrons. The van der Waals surface area contributed by atoms with Gasteiger partial charge in [-0.15, -0.1) is 0 Å². The Morgan fingerprint density at radius 1 is 1.21 bits per heavy atom. The Balaban J connectivity index is 1.40. The number of fused-ring (bicyclic) bond motifs is 1. The molecule has 2 aromatic rings. The highest BCUT2D eigenvalue weighted by Gasteiger charge is 2.28. The number of hydrogen-bond acceptors (Lipinski definition) is 5. The summed E-state index contributed by atoms with van der Waals surface area (Å²) in [5.41, 5.74) is 5.46. The SMILES string of the molecule is COc1cc(C=C2CCCN3CC(C4=CC=C(F)CC4)CCON=C23)ccc1-n1cnc(C)c1. The molecule has 0 bridgehead atoms. The van der Waals surface area contributed by atoms with Crippen molar-refractivity contribution in [3.8, 4) is 11.4 Å². The minimum atomic E-state index is -0.0269. The maximum atomic E-state index is 13.5. The third-order valence-electron chi connectivity index (χ3n) is 6.80. The predicted octanol–water partition coefficient (Wildman–Crippen LogP) is 5.59. The average molecular weight is 463 g/mol. The second-order valence-electron chi connectivity index (χ2n) is 9.16. The van der Waals surface area contributed by atoms with Crippen LogP contribution in [0.15, 0.2) is 65.0 Å². The Morgan fingerprint density at radius 3 is 2.88 bits per heavy atom. The van der Waals surface area contributed by atoms with Crippen molar-refractivity contribution >= 4 is 11.9 Å². The fourth-order valence-electron chi connectivity index (χ4n) is 4.99. The van der Waals surface area contributed by atoms with Crippen molar-refractivity contribution in [3.63, 3.8) is 0 Å². The Hall–Kier alpha value is -3.35. The maximum Gasteiger partial charge on any atom is 0.171 e. The zero-order valence-electron chi connectivity index (χ0n) is 19.8. The van der Waals surface area contributed by atoms with Crippen molar-refractivity contribution in [1.29, 1.82) is 0 Å². The van der Waals surface area contributed by atoms with Gasteiger partial charge in [-0.1, -0.05) is 22.9 Å². The van der Waals surface area contributed by atoms with Crippen LogP contribution < -0.4 is 4.74 Å². The molecule has 7 heteroatoms. The van der Waals surface area contributed by atoms with Crippen LogP contribution in [-0.2, 0) is 4.84 Å². The summed E-state index contributed by atoms with van der Waals surface area (Å²) in [6.07, 6.45) is 13.8. The molecular weight excluding hydrogens is 431 g/mol. The van der Waals surface area contributed by atoms with Gasteiger partial charge in [-0.25, -0.2) is 9.37 Å². The molecule has 1 aliphatic carbocycles. The molecule has 0 spiro atoms. The number of methoxy groups -OCH3 is 1. The molecule has 2 aliphatic heterocycles. The lowest BCUT2D eigenvalue weighted by Crippen LogP contribution is -2.42. The zero-order valence-corrected chi connectivity index (χ0v) is 19.8. The largest absolute Gasteiger partial charge is 0.495 e. The second-order valence-corrected chi connectivity index (χ2v) is 9.16. The van der Waals surface area contributed by atoms with Crippen molar-refractivity contribution in [2.24, 2.45) is 11.1 Å². The molecule has 1 fully saturated rings. The number of aryl methyl sites for hydroxylation is 1. The molecule has 1 saturated heterocycles. The lowest BCUT2D eigenvalue weighted by molar-refractivity contribution is 0.111. The molecule has 0 saturated carbocycles. The van der Waals surface area contributed by atoms with Crippen molar-refractivity contribution in [2.75, 3.05) is 26.8 Å². The number of nitrogens with zero attached hydrogens (tertiary/aromatic N) is 4. The Bertz CT molecular complexity index is 1180. The summed E-state index contributed by atoms with van der Waals surface area (Å²) >= 11 is 0. The van der Waals surface area contributed by atoms with Gasteiger partial charge in [0.1, 0.15) is 18.2 Å². The van der Waals surface area contributed by atoms with E-state index >= 15 is 0 Å². The van der Waals surface area contributed by atoms with Gasteiger partial charge in [0, 0.05) is 31.6 Å². The van der Waals surface area contributed by atoms with E-state index in [1.807, 2.05) is 23.8 Å². The van der Waals surface area contributed by atoms with Gasteiger partial charge in [-0.05, 0) is 68.0 Å². The van der Waals surface area contributed by atoms with Crippen LogP contribution in [0.25, 0.3) is 11.8 Å². The first-order chi connectivity index (χ1) is 16.6. The van der Waals surface area contributed by atoms with Gasteiger partial charge in [0.2, 0.25) is 0 Å². The number of rotatable bonds is 4. The molecule has 1 aromatic carbocycles. The summed E-state index contributed by atoms with van der Waals surface area (Å²) in [4.78, 5) is 12.4. The highest BCUT2D eigenvalue weighted by Crippen LogP contribution is 2.32. The van der Waals surface area contributed by atoms with E-state index in [9.17, 15) is 4.39 Å². The first-order valence-corrected chi connectivity index (χ1v) is 12.0. The lowest BCUT2D eigenvalue weighted by Gasteiger charge is -2.36. The summed E-state index contributed by atoms with van der Waals surface area (Å²) in [6.45, 7) is 4.39. The van der Waals surface area contributed by atoms with Crippen molar-refractivity contribution in [2.45, 2.75) is 39.0 Å². The van der Waals surface area contributed by atoms with Gasteiger partial charge in [0.15, 0.2) is 5.84 Å². The van der Waals surface area contributed by atoms with Gasteiger partial charge >= 0.3 is 0 Å². The summed E-state index contributed by atoms with van der Waals surface area (Å²) in [7, 11) is 1.69. The van der Waals surface area contributed by atoms with Crippen LogP contribution in [0.1, 0.15) is 43.4 Å². The first-order valence-electron chi connectivity index (χ1n) is 12.0. The van der Waals surface area contributed by atoms with Crippen LogP contribution >= 0.6 is 0 Å². The van der Waals surface area contributed by atoms with Crippen molar-refractivity contribution < 1.29 is 14.0 Å². The van der Waals surface area contributed by atoms with E-state index in [4.69, 9.17) is 9.57 Å². The zero-order chi connectivity index (χ0) is 23.5. The van der Waals surface area contributed by atoms with Gasteiger partial charge in [-0.3, -0.25) is 0 Å². The molecule has 3 heterocycles. The number of piperidine rings is 1. The number of benzene rings is 1. The third-order valence-corrected chi connectivity index (χ3v) is 6.80. The van der Waals surface area contributed by atoms with Gasteiger partial charge < -0.3 is 19.0 Å². The average Bonchev–Trinajstić information content (AvgIpc) is 3.26. The molecular formula is C27H31FN4O2. The van der Waals surface area contributed by atoms with Crippen LogP contribution in [0.2, 0.25) is 0 Å². The Labute approximate surface area is 200 Å². The number of hydrogen-bond donors (Lipinski definition) is 0. The maximum absolute atomic E-state index is 13.5. The number of oxime groups is 1. The molecule has 6 nitrogen and oxygen atoms in total. The highest BCUT2D eigenvalue weighted by molar-refractivity contribution is 6.02. The van der Waals surface area contributed by atoms with Crippen LogP contribution in [0.4, 0.5) is 4.39 Å². The van der Waals surface area contributed by atoms with E-state index in [1.54, 1.807) is 19.5 Å². The molecule has 178 valence electrons. The van der Waals surface area contributed by atoms with Crippen LogP contribution in [0.3, 0.4) is 0 Å². The monoisotopic (exact) mass is 462 g/mol. The van der Waals surface area contributed by atoms with Gasteiger partial charge in [0.05, 0.1) is 24.8 Å². The van der Waals surface area contributed by atoms with Gasteiger partial charge in [0.25, 0.3) is 0 Å². The number of ether oxygens (including phenoxy) is 1. The van der Waals surface area contributed by atoms with Crippen LogP contribution in [0.5, 0.6) is 5.75 Å². The summed E-state index contributed by atoms with van der Waals surface area (Å²) in [5, 5.41) is 4.52. The number of aromatic nitrogens is 2. The normalized spacial score (nSPS) is 22.1. The lowest BCUT2D eigenvalue weighted by atomic mass is 9.88. The number of imidazole rings is 1. The molecule has 34 heavy (non-hydrogen) atoms. The molecule has 3 aliphatic rings. The number of amidine groups is 1. The number of halogens is 1. The van der Waals surface area contributed by atoms with Crippen LogP contribution in [0, 0.1) is 12.8 Å². The molecule has 1 atom stereocenters. The minimum absolute atomic E-state index is 0.0269. The quantitative estimate of drug-likeness (QED) is 0.594. The molecule has 0 amide bonds. The minimum Gasteiger partial charge on any atom is -0.495 e.